The quantitative estimate of drug-likeness (QED) is 0.749. The Morgan fingerprint density at radius 1 is 1.57 bits per heavy atom. The highest BCUT2D eigenvalue weighted by atomic mass is 35.5. The lowest BCUT2D eigenvalue weighted by atomic mass is 10.0. The highest BCUT2D eigenvalue weighted by molar-refractivity contribution is 6.31. The second-order valence-corrected chi connectivity index (χ2v) is 3.63. The zero-order chi connectivity index (χ0) is 10.6. The Morgan fingerprint density at radius 3 is 2.86 bits per heavy atom. The lowest BCUT2D eigenvalue weighted by Gasteiger charge is -2.16. The van der Waals surface area contributed by atoms with Gasteiger partial charge in [-0.3, -0.25) is 0 Å². The van der Waals surface area contributed by atoms with Gasteiger partial charge in [0.25, 0.3) is 0 Å². The predicted molar refractivity (Wildman–Crippen MR) is 62.8 cm³/mol. The van der Waals surface area contributed by atoms with E-state index in [-0.39, 0.29) is 6.04 Å². The largest absolute Gasteiger partial charge is 0.307 e. The van der Waals surface area contributed by atoms with Gasteiger partial charge in [-0.2, -0.15) is 0 Å². The van der Waals surface area contributed by atoms with Crippen LogP contribution >= 0.6 is 11.6 Å². The Bertz CT molecular complexity index is 320. The van der Waals surface area contributed by atoms with Crippen molar-refractivity contribution < 1.29 is 0 Å². The smallest absolute Gasteiger partial charge is 0.0506 e. The summed E-state index contributed by atoms with van der Waals surface area (Å²) in [5.41, 5.74) is 2.33. The van der Waals surface area contributed by atoms with Crippen molar-refractivity contribution in [2.75, 3.05) is 6.54 Å². The van der Waals surface area contributed by atoms with Gasteiger partial charge in [-0.1, -0.05) is 36.7 Å². The molecule has 0 aliphatic rings. The number of rotatable bonds is 4. The summed E-state index contributed by atoms with van der Waals surface area (Å²) in [7, 11) is 0. The third-order valence-corrected chi connectivity index (χ3v) is 2.71. The fourth-order valence-corrected chi connectivity index (χ4v) is 1.68. The molecule has 0 aliphatic heterocycles. The van der Waals surface area contributed by atoms with Crippen molar-refractivity contribution in [2.45, 2.75) is 19.9 Å². The van der Waals surface area contributed by atoms with Crippen molar-refractivity contribution in [2.24, 2.45) is 0 Å². The molecule has 0 amide bonds. The number of hydrogen-bond donors (Lipinski definition) is 1. The lowest BCUT2D eigenvalue weighted by Crippen LogP contribution is -2.19. The fraction of sp³-hybridized carbons (Fsp3) is 0.333. The van der Waals surface area contributed by atoms with Gasteiger partial charge in [-0.05, 0) is 30.7 Å². The van der Waals surface area contributed by atoms with Crippen LogP contribution in [0.1, 0.15) is 24.1 Å². The monoisotopic (exact) mass is 209 g/mol. The molecule has 0 saturated carbocycles. The van der Waals surface area contributed by atoms with E-state index in [4.69, 9.17) is 11.6 Å². The molecule has 0 radical (unpaired) electrons. The Kier molecular flexibility index (Phi) is 4.18. The summed E-state index contributed by atoms with van der Waals surface area (Å²) in [6, 6.07) is 6.15. The van der Waals surface area contributed by atoms with Gasteiger partial charge < -0.3 is 5.32 Å². The van der Waals surface area contributed by atoms with E-state index >= 15 is 0 Å². The molecular formula is C12H16ClN. The topological polar surface area (TPSA) is 12.0 Å². The van der Waals surface area contributed by atoms with Gasteiger partial charge in [0, 0.05) is 5.02 Å². The van der Waals surface area contributed by atoms with Crippen LogP contribution in [0.3, 0.4) is 0 Å². The van der Waals surface area contributed by atoms with E-state index in [2.05, 4.69) is 24.9 Å². The normalized spacial score (nSPS) is 12.5. The van der Waals surface area contributed by atoms with Gasteiger partial charge in [0.15, 0.2) is 0 Å². The second kappa shape index (κ2) is 5.18. The summed E-state index contributed by atoms with van der Waals surface area (Å²) in [6.45, 7) is 8.85. The third-order valence-electron chi connectivity index (χ3n) is 2.30. The number of halogens is 1. The lowest BCUT2D eigenvalue weighted by molar-refractivity contribution is 0.646. The van der Waals surface area contributed by atoms with E-state index in [1.54, 1.807) is 0 Å². The van der Waals surface area contributed by atoms with Gasteiger partial charge in [0.2, 0.25) is 0 Å². The van der Waals surface area contributed by atoms with E-state index in [1.807, 2.05) is 25.1 Å². The van der Waals surface area contributed by atoms with E-state index in [9.17, 15) is 0 Å². The van der Waals surface area contributed by atoms with Crippen molar-refractivity contribution in [1.82, 2.24) is 5.32 Å². The average Bonchev–Trinajstić information content (AvgIpc) is 2.19. The molecule has 0 fully saturated rings. The molecule has 0 bridgehead atoms. The van der Waals surface area contributed by atoms with Crippen molar-refractivity contribution in [3.05, 3.63) is 47.0 Å². The first-order chi connectivity index (χ1) is 6.70. The maximum atomic E-state index is 6.05. The first kappa shape index (κ1) is 11.3. The van der Waals surface area contributed by atoms with Crippen LogP contribution in [0.5, 0.6) is 0 Å². The Morgan fingerprint density at radius 2 is 2.29 bits per heavy atom. The minimum atomic E-state index is 0.193. The summed E-state index contributed by atoms with van der Waals surface area (Å²) in [5, 5.41) is 4.15. The van der Waals surface area contributed by atoms with E-state index in [1.165, 1.54) is 5.56 Å². The van der Waals surface area contributed by atoms with E-state index < -0.39 is 0 Å². The molecule has 0 saturated heterocycles. The van der Waals surface area contributed by atoms with E-state index in [0.717, 1.165) is 17.1 Å². The molecule has 0 spiro atoms. The number of hydrogen-bond acceptors (Lipinski definition) is 1. The minimum absolute atomic E-state index is 0.193. The highest BCUT2D eigenvalue weighted by Gasteiger charge is 2.09. The molecule has 76 valence electrons. The summed E-state index contributed by atoms with van der Waals surface area (Å²) in [4.78, 5) is 0. The molecule has 0 heterocycles. The van der Waals surface area contributed by atoms with Crippen molar-refractivity contribution in [3.8, 4) is 0 Å². The van der Waals surface area contributed by atoms with Crippen LogP contribution in [0.25, 0.3) is 0 Å². The molecule has 0 aliphatic carbocycles. The molecular weight excluding hydrogens is 194 g/mol. The maximum Gasteiger partial charge on any atom is 0.0506 e. The van der Waals surface area contributed by atoms with Crippen molar-refractivity contribution in [3.63, 3.8) is 0 Å². The van der Waals surface area contributed by atoms with Crippen LogP contribution in [-0.4, -0.2) is 6.54 Å². The molecule has 1 aromatic carbocycles. The fourth-order valence-electron chi connectivity index (χ4n) is 1.50. The molecule has 14 heavy (non-hydrogen) atoms. The summed E-state index contributed by atoms with van der Waals surface area (Å²) >= 11 is 6.05. The molecule has 1 atom stereocenters. The van der Waals surface area contributed by atoms with Crippen molar-refractivity contribution in [1.29, 1.82) is 0 Å². The highest BCUT2D eigenvalue weighted by Crippen LogP contribution is 2.24. The van der Waals surface area contributed by atoms with Gasteiger partial charge >= 0.3 is 0 Å². The van der Waals surface area contributed by atoms with Gasteiger partial charge in [0.05, 0.1) is 6.04 Å². The van der Waals surface area contributed by atoms with Gasteiger partial charge in [-0.15, -0.1) is 6.58 Å². The molecule has 1 aromatic rings. The Hall–Kier alpha value is -0.790. The third kappa shape index (κ3) is 2.37. The van der Waals surface area contributed by atoms with Gasteiger partial charge in [-0.25, -0.2) is 0 Å². The molecule has 0 aromatic heterocycles. The molecule has 1 N–H and O–H groups in total. The summed E-state index contributed by atoms with van der Waals surface area (Å²) < 4.78 is 0. The second-order valence-electron chi connectivity index (χ2n) is 3.23. The SMILES string of the molecule is C=CC(NCC)c1cccc(Cl)c1C. The zero-order valence-electron chi connectivity index (χ0n) is 8.68. The van der Waals surface area contributed by atoms with Crippen molar-refractivity contribution >= 4 is 11.6 Å². The summed E-state index contributed by atoms with van der Waals surface area (Å²) in [5.74, 6) is 0. The van der Waals surface area contributed by atoms with Crippen LogP contribution < -0.4 is 5.32 Å². The minimum Gasteiger partial charge on any atom is -0.307 e. The maximum absolute atomic E-state index is 6.05. The van der Waals surface area contributed by atoms with Crippen LogP contribution in [0.2, 0.25) is 5.02 Å². The van der Waals surface area contributed by atoms with E-state index in [0.29, 0.717) is 0 Å². The number of likely N-dealkylation sites (N-methyl/N-ethyl adjacent to an activating group) is 1. The average molecular weight is 210 g/mol. The Balaban J connectivity index is 3.03. The first-order valence-corrected chi connectivity index (χ1v) is 5.19. The van der Waals surface area contributed by atoms with Crippen LogP contribution in [0.4, 0.5) is 0 Å². The number of nitrogens with one attached hydrogen (secondary N) is 1. The zero-order valence-corrected chi connectivity index (χ0v) is 9.43. The molecule has 1 rings (SSSR count). The van der Waals surface area contributed by atoms with Crippen LogP contribution in [0, 0.1) is 6.92 Å². The summed E-state index contributed by atoms with van der Waals surface area (Å²) in [6.07, 6.45) is 1.90. The molecule has 1 nitrogen and oxygen atoms in total. The Labute approximate surface area is 90.8 Å². The number of benzene rings is 1. The molecule has 2 heteroatoms. The van der Waals surface area contributed by atoms with Crippen LogP contribution in [-0.2, 0) is 0 Å². The van der Waals surface area contributed by atoms with Crippen LogP contribution in [0.15, 0.2) is 30.9 Å². The standard InChI is InChI=1S/C12H16ClN/c1-4-12(14-5-2)10-7-6-8-11(13)9(10)3/h4,6-8,12,14H,1,5H2,2-3H3. The van der Waals surface area contributed by atoms with Gasteiger partial charge in [0.1, 0.15) is 0 Å². The molecule has 1 unspecified atom stereocenters. The predicted octanol–water partition coefficient (Wildman–Crippen LogP) is 3.49. The first-order valence-electron chi connectivity index (χ1n) is 4.81.